The zero-order chi connectivity index (χ0) is 16.4. The molecule has 3 rings (SSSR count). The lowest BCUT2D eigenvalue weighted by Crippen LogP contribution is -2.15. The van der Waals surface area contributed by atoms with Gasteiger partial charge >= 0.3 is 5.97 Å². The van der Waals surface area contributed by atoms with Crippen LogP contribution in [-0.2, 0) is 4.79 Å². The molecule has 0 saturated carbocycles. The highest BCUT2D eigenvalue weighted by atomic mass is 16.4. The smallest absolute Gasteiger partial charge is 0.306 e. The summed E-state index contributed by atoms with van der Waals surface area (Å²) in [6.07, 6.45) is 1.34. The van der Waals surface area contributed by atoms with Gasteiger partial charge < -0.3 is 5.11 Å². The summed E-state index contributed by atoms with van der Waals surface area (Å²) in [4.78, 5) is 11.4. The van der Waals surface area contributed by atoms with Crippen molar-refractivity contribution in [1.82, 2.24) is 0 Å². The van der Waals surface area contributed by atoms with E-state index in [1.54, 1.807) is 0 Å². The monoisotopic (exact) mass is 306 g/mol. The van der Waals surface area contributed by atoms with E-state index in [9.17, 15) is 9.90 Å². The molecule has 1 N–H and O–H groups in total. The minimum atomic E-state index is -0.691. The van der Waals surface area contributed by atoms with Crippen molar-refractivity contribution in [1.29, 1.82) is 0 Å². The van der Waals surface area contributed by atoms with Crippen LogP contribution in [0.25, 0.3) is 21.5 Å². The van der Waals surface area contributed by atoms with Gasteiger partial charge in [0.25, 0.3) is 0 Å². The van der Waals surface area contributed by atoms with Gasteiger partial charge in [-0.05, 0) is 51.9 Å². The lowest BCUT2D eigenvalue weighted by atomic mass is 9.83. The average Bonchev–Trinajstić information content (AvgIpc) is 2.56. The second-order valence-electron chi connectivity index (χ2n) is 6.31. The summed E-state index contributed by atoms with van der Waals surface area (Å²) >= 11 is 0. The number of hydrogen-bond donors (Lipinski definition) is 1. The molecule has 0 bridgehead atoms. The molecule has 0 aliphatic rings. The first kappa shape index (κ1) is 15.5. The minimum absolute atomic E-state index is 0.201. The number of benzene rings is 3. The van der Waals surface area contributed by atoms with Gasteiger partial charge in [0.15, 0.2) is 0 Å². The lowest BCUT2D eigenvalue weighted by molar-refractivity contribution is -0.142. The molecule has 118 valence electrons. The summed E-state index contributed by atoms with van der Waals surface area (Å²) < 4.78 is 0. The summed E-state index contributed by atoms with van der Waals surface area (Å²) in [5.74, 6) is -0.779. The number of hydrogen-bond acceptors (Lipinski definition) is 1. The number of rotatable bonds is 5. The third-order valence-electron chi connectivity index (χ3n) is 4.79. The van der Waals surface area contributed by atoms with Gasteiger partial charge in [-0.15, -0.1) is 0 Å². The van der Waals surface area contributed by atoms with E-state index in [1.807, 2.05) is 6.92 Å². The van der Waals surface area contributed by atoms with Crippen LogP contribution in [0.3, 0.4) is 0 Å². The van der Waals surface area contributed by atoms with Crippen LogP contribution >= 0.6 is 0 Å². The van der Waals surface area contributed by atoms with Crippen LogP contribution in [0.15, 0.2) is 54.6 Å². The van der Waals surface area contributed by atoms with E-state index < -0.39 is 5.97 Å². The summed E-state index contributed by atoms with van der Waals surface area (Å²) in [5.41, 5.74) is 1.28. The van der Waals surface area contributed by atoms with Crippen LogP contribution in [0.2, 0.25) is 0 Å². The van der Waals surface area contributed by atoms with E-state index in [0.29, 0.717) is 12.8 Å². The molecule has 0 aliphatic carbocycles. The Morgan fingerprint density at radius 1 is 1.00 bits per heavy atom. The van der Waals surface area contributed by atoms with Crippen LogP contribution < -0.4 is 0 Å². The first-order chi connectivity index (χ1) is 11.1. The van der Waals surface area contributed by atoms with Crippen molar-refractivity contribution in [3.05, 3.63) is 60.2 Å². The highest BCUT2D eigenvalue weighted by molar-refractivity contribution is 6.02. The van der Waals surface area contributed by atoms with Crippen molar-refractivity contribution in [2.75, 3.05) is 0 Å². The fourth-order valence-electron chi connectivity index (χ4n) is 3.57. The molecule has 2 atom stereocenters. The number of fused-ring (bicyclic) bond motifs is 2. The highest BCUT2D eigenvalue weighted by Crippen LogP contribution is 2.36. The van der Waals surface area contributed by atoms with Crippen molar-refractivity contribution in [2.24, 2.45) is 5.92 Å². The van der Waals surface area contributed by atoms with Crippen molar-refractivity contribution >= 4 is 27.5 Å². The topological polar surface area (TPSA) is 37.3 Å². The van der Waals surface area contributed by atoms with Gasteiger partial charge in [-0.3, -0.25) is 4.79 Å². The largest absolute Gasteiger partial charge is 0.481 e. The van der Waals surface area contributed by atoms with Crippen LogP contribution in [0.1, 0.15) is 38.2 Å². The molecule has 0 aliphatic heterocycles. The van der Waals surface area contributed by atoms with E-state index in [0.717, 1.165) is 0 Å². The molecule has 2 unspecified atom stereocenters. The Morgan fingerprint density at radius 3 is 2.00 bits per heavy atom. The first-order valence-corrected chi connectivity index (χ1v) is 8.25. The highest BCUT2D eigenvalue weighted by Gasteiger charge is 2.22. The maximum Gasteiger partial charge on any atom is 0.306 e. The van der Waals surface area contributed by atoms with Crippen LogP contribution in [-0.4, -0.2) is 11.1 Å². The van der Waals surface area contributed by atoms with E-state index >= 15 is 0 Å². The van der Waals surface area contributed by atoms with Crippen LogP contribution in [0, 0.1) is 5.92 Å². The normalized spacial score (nSPS) is 14.0. The maximum atomic E-state index is 11.4. The Bertz CT molecular complexity index is 797. The maximum absolute atomic E-state index is 11.4. The third-order valence-corrected chi connectivity index (χ3v) is 4.79. The first-order valence-electron chi connectivity index (χ1n) is 8.25. The second kappa shape index (κ2) is 6.41. The zero-order valence-electron chi connectivity index (χ0n) is 13.6. The van der Waals surface area contributed by atoms with Crippen LogP contribution in [0.5, 0.6) is 0 Å². The van der Waals surface area contributed by atoms with E-state index in [4.69, 9.17) is 0 Å². The number of carbonyl (C=O) groups is 1. The Balaban J connectivity index is 2.18. The van der Waals surface area contributed by atoms with E-state index in [2.05, 4.69) is 61.5 Å². The number of aliphatic carboxylic acids is 1. The van der Waals surface area contributed by atoms with Gasteiger partial charge in [-0.25, -0.2) is 0 Å². The molecule has 23 heavy (non-hydrogen) atoms. The van der Waals surface area contributed by atoms with Gasteiger partial charge in [0.1, 0.15) is 0 Å². The molecule has 0 heterocycles. The predicted octanol–water partition coefficient (Wildman–Crippen LogP) is 5.60. The molecule has 2 heteroatoms. The average molecular weight is 306 g/mol. The molecule has 0 fully saturated rings. The van der Waals surface area contributed by atoms with Gasteiger partial charge in [0.2, 0.25) is 0 Å². The predicted molar refractivity (Wildman–Crippen MR) is 95.9 cm³/mol. The minimum Gasteiger partial charge on any atom is -0.481 e. The fraction of sp³-hybridized carbons (Fsp3) is 0.286. The Labute approximate surface area is 136 Å². The lowest BCUT2D eigenvalue weighted by Gasteiger charge is -2.21. The molecule has 0 spiro atoms. The molecule has 0 saturated heterocycles. The standard InChI is InChI=1S/C21H22O2/c1-3-15(21(22)23)12-14(2)20-18-10-6-4-8-16(18)13-17-9-5-7-11-19(17)20/h4-11,13-15H,3,12H2,1-2H3,(H,22,23). The summed E-state index contributed by atoms with van der Waals surface area (Å²) in [5, 5.41) is 14.3. The SMILES string of the molecule is CCC(CC(C)c1c2ccccc2cc2ccccc12)C(=O)O. The number of carboxylic acids is 1. The van der Waals surface area contributed by atoms with Gasteiger partial charge in [0.05, 0.1) is 5.92 Å². The second-order valence-corrected chi connectivity index (χ2v) is 6.31. The summed E-state index contributed by atoms with van der Waals surface area (Å²) in [7, 11) is 0. The third kappa shape index (κ3) is 2.94. The molecular formula is C21H22O2. The number of carboxylic acid groups (broad SMARTS) is 1. The molecule has 0 aromatic heterocycles. The molecule has 3 aromatic rings. The molecular weight excluding hydrogens is 284 g/mol. The van der Waals surface area contributed by atoms with Gasteiger partial charge in [0, 0.05) is 0 Å². The summed E-state index contributed by atoms with van der Waals surface area (Å²) in [6, 6.07) is 19.0. The fourth-order valence-corrected chi connectivity index (χ4v) is 3.57. The van der Waals surface area contributed by atoms with Crippen molar-refractivity contribution < 1.29 is 9.90 Å². The van der Waals surface area contributed by atoms with Crippen LogP contribution in [0.4, 0.5) is 0 Å². The summed E-state index contributed by atoms with van der Waals surface area (Å²) in [6.45, 7) is 4.10. The van der Waals surface area contributed by atoms with E-state index in [1.165, 1.54) is 27.1 Å². The quantitative estimate of drug-likeness (QED) is 0.623. The molecule has 0 amide bonds. The zero-order valence-corrected chi connectivity index (χ0v) is 13.6. The van der Waals surface area contributed by atoms with Gasteiger partial charge in [-0.1, -0.05) is 62.4 Å². The Kier molecular flexibility index (Phi) is 4.33. The Hall–Kier alpha value is -2.35. The van der Waals surface area contributed by atoms with Crippen molar-refractivity contribution in [2.45, 2.75) is 32.6 Å². The van der Waals surface area contributed by atoms with Crippen molar-refractivity contribution in [3.8, 4) is 0 Å². The Morgan fingerprint density at radius 2 is 1.52 bits per heavy atom. The van der Waals surface area contributed by atoms with Gasteiger partial charge in [-0.2, -0.15) is 0 Å². The molecule has 2 nitrogen and oxygen atoms in total. The van der Waals surface area contributed by atoms with E-state index in [-0.39, 0.29) is 11.8 Å². The molecule has 0 radical (unpaired) electrons. The molecule has 3 aromatic carbocycles. The van der Waals surface area contributed by atoms with Crippen molar-refractivity contribution in [3.63, 3.8) is 0 Å².